The third kappa shape index (κ3) is 3.30. The van der Waals surface area contributed by atoms with Gasteiger partial charge in [-0.25, -0.2) is 0 Å². The predicted molar refractivity (Wildman–Crippen MR) is 79.5 cm³/mol. The zero-order valence-corrected chi connectivity index (χ0v) is 11.9. The smallest absolute Gasteiger partial charge is 0.0848 e. The van der Waals surface area contributed by atoms with Gasteiger partial charge in [0.2, 0.25) is 0 Å². The molecule has 2 aromatic rings. The van der Waals surface area contributed by atoms with E-state index in [1.807, 2.05) is 6.07 Å². The molecule has 0 spiro atoms. The van der Waals surface area contributed by atoms with Crippen LogP contribution in [0.1, 0.15) is 25.3 Å². The minimum Gasteiger partial charge on any atom is -0.0848 e. The summed E-state index contributed by atoms with van der Waals surface area (Å²) in [7, 11) is 0. The third-order valence-corrected chi connectivity index (χ3v) is 4.36. The highest BCUT2D eigenvalue weighted by atomic mass is 32.2. The van der Waals surface area contributed by atoms with E-state index in [0.717, 1.165) is 4.90 Å². The van der Waals surface area contributed by atoms with Crippen LogP contribution in [0.3, 0.4) is 0 Å². The van der Waals surface area contributed by atoms with Crippen LogP contribution in [-0.4, -0.2) is 0 Å². The van der Waals surface area contributed by atoms with Crippen molar-refractivity contribution in [3.05, 3.63) is 54.1 Å². The monoisotopic (exact) mass is 261 g/mol. The molecular weight excluding hydrogens is 244 g/mol. The molecule has 0 fully saturated rings. The van der Waals surface area contributed by atoms with Gasteiger partial charge in [-0.2, -0.15) is 0 Å². The maximum atomic E-state index is 3.62. The van der Waals surface area contributed by atoms with Crippen molar-refractivity contribution in [3.63, 3.8) is 0 Å². The van der Waals surface area contributed by atoms with Crippen molar-refractivity contribution in [2.75, 3.05) is 0 Å². The molecule has 0 amide bonds. The van der Waals surface area contributed by atoms with Gasteiger partial charge in [-0.05, 0) is 48.4 Å². The fourth-order valence-electron chi connectivity index (χ4n) is 1.60. The highest BCUT2D eigenvalue weighted by Gasteiger charge is 2.05. The van der Waals surface area contributed by atoms with Gasteiger partial charge in [-0.15, -0.1) is 0 Å². The molecule has 0 unspecified atom stereocenters. The molecule has 2 aromatic carbocycles. The highest BCUT2D eigenvalue weighted by molar-refractivity contribution is 7.99. The molecule has 0 aromatic heterocycles. The van der Waals surface area contributed by atoms with Crippen LogP contribution in [0.15, 0.2) is 63.2 Å². The van der Waals surface area contributed by atoms with Gasteiger partial charge in [0.15, 0.2) is 4.90 Å². The average molecular weight is 261 g/mol. The van der Waals surface area contributed by atoms with E-state index < -0.39 is 0 Å². The second kappa shape index (κ2) is 5.65. The Kier molecular flexibility index (Phi) is 4.19. The Morgan fingerprint density at radius 1 is 0.941 bits per heavy atom. The van der Waals surface area contributed by atoms with Crippen molar-refractivity contribution < 1.29 is 0 Å². The molecule has 0 aliphatic rings. The molecule has 0 atom stereocenters. The lowest BCUT2D eigenvalue weighted by Gasteiger charge is -2.06. The van der Waals surface area contributed by atoms with E-state index >= 15 is 0 Å². The lowest BCUT2D eigenvalue weighted by molar-refractivity contribution is 0.865. The van der Waals surface area contributed by atoms with Gasteiger partial charge >= 0.3 is 0 Å². The summed E-state index contributed by atoms with van der Waals surface area (Å²) in [6.45, 7) is 4.44. The average Bonchev–Trinajstić information content (AvgIpc) is 2.33. The van der Waals surface area contributed by atoms with Crippen molar-refractivity contribution in [2.45, 2.75) is 34.5 Å². The van der Waals surface area contributed by atoms with Crippen LogP contribution in [-0.2, 0) is 12.6 Å². The molecule has 17 heavy (non-hydrogen) atoms. The predicted octanol–water partition coefficient (Wildman–Crippen LogP) is 4.33. The van der Waals surface area contributed by atoms with Crippen LogP contribution >= 0.6 is 11.8 Å². The van der Waals surface area contributed by atoms with Crippen molar-refractivity contribution in [3.8, 4) is 0 Å². The van der Waals surface area contributed by atoms with Crippen molar-refractivity contribution in [1.29, 1.82) is 0 Å². The first kappa shape index (κ1) is 12.6. The first-order valence-electron chi connectivity index (χ1n) is 5.75. The Bertz CT molecular complexity index is 487. The van der Waals surface area contributed by atoms with E-state index in [1.165, 1.54) is 15.4 Å². The number of benzene rings is 2. The van der Waals surface area contributed by atoms with Gasteiger partial charge in [0.25, 0.3) is 0 Å². The van der Waals surface area contributed by atoms with Gasteiger partial charge in [0.05, 0.1) is 4.90 Å². The molecule has 0 aliphatic carbocycles. The van der Waals surface area contributed by atoms with E-state index in [-0.39, 0.29) is 0 Å². The van der Waals surface area contributed by atoms with Crippen LogP contribution in [0.25, 0.3) is 0 Å². The van der Waals surface area contributed by atoms with Crippen LogP contribution in [0.4, 0.5) is 0 Å². The molecule has 2 heteroatoms. The summed E-state index contributed by atoms with van der Waals surface area (Å²) < 4.78 is 0. The molecule has 2 rings (SSSR count). The van der Waals surface area contributed by atoms with E-state index in [9.17, 15) is 0 Å². The minimum absolute atomic E-state index is 0.595. The topological polar surface area (TPSA) is 0 Å². The van der Waals surface area contributed by atoms with Crippen molar-refractivity contribution in [1.82, 2.24) is 0 Å². The summed E-state index contributed by atoms with van der Waals surface area (Å²) in [5, 5.41) is 0. The summed E-state index contributed by atoms with van der Waals surface area (Å²) in [5.41, 5.74) is 1.39. The second-order valence-corrected chi connectivity index (χ2v) is 5.98. The summed E-state index contributed by atoms with van der Waals surface area (Å²) in [6.07, 6.45) is 0. The maximum absolute atomic E-state index is 3.62. The molecule has 0 bridgehead atoms. The fourth-order valence-corrected chi connectivity index (χ4v) is 2.79. The fraction of sp³-hybridized carbons (Fsp3) is 0.200. The molecule has 0 heterocycles. The second-order valence-electron chi connectivity index (χ2n) is 4.32. The normalized spacial score (nSPS) is 10.8. The molecule has 0 nitrogen and oxygen atoms in total. The van der Waals surface area contributed by atoms with Gasteiger partial charge in [-0.3, -0.25) is 0 Å². The minimum atomic E-state index is 0.595. The van der Waals surface area contributed by atoms with Gasteiger partial charge < -0.3 is 0 Å². The highest BCUT2D eigenvalue weighted by Crippen LogP contribution is 2.31. The van der Waals surface area contributed by atoms with Crippen molar-refractivity contribution >= 4 is 24.4 Å². The van der Waals surface area contributed by atoms with Gasteiger partial charge in [0, 0.05) is 4.90 Å². The number of rotatable bonds is 3. The quantitative estimate of drug-likeness (QED) is 0.741. The Labute approximate surface area is 113 Å². The van der Waals surface area contributed by atoms with E-state index in [0.29, 0.717) is 5.92 Å². The molecule has 0 N–H and O–H groups in total. The molecule has 0 radical (unpaired) electrons. The third-order valence-electron chi connectivity index (χ3n) is 2.66. The Morgan fingerprint density at radius 2 is 1.59 bits per heavy atom. The van der Waals surface area contributed by atoms with Crippen LogP contribution in [0, 0.1) is 0 Å². The van der Waals surface area contributed by atoms with Crippen LogP contribution in [0.2, 0.25) is 0 Å². The zero-order chi connectivity index (χ0) is 12.3. The SMILES string of the molecule is CC(C)c1ccc(Sc2ccccc2[SH2+])cc1. The van der Waals surface area contributed by atoms with Gasteiger partial charge in [0.1, 0.15) is 0 Å². The Balaban J connectivity index is 2.17. The molecule has 0 saturated carbocycles. The van der Waals surface area contributed by atoms with E-state index in [1.54, 1.807) is 11.8 Å². The molecule has 0 aliphatic heterocycles. The zero-order valence-electron chi connectivity index (χ0n) is 10.1. The molecule has 0 saturated heterocycles. The lowest BCUT2D eigenvalue weighted by atomic mass is 10.0. The van der Waals surface area contributed by atoms with Crippen molar-refractivity contribution in [2.24, 2.45) is 0 Å². The molecule has 88 valence electrons. The summed E-state index contributed by atoms with van der Waals surface area (Å²) in [5.74, 6) is 0.595. The maximum Gasteiger partial charge on any atom is 0.164 e. The van der Waals surface area contributed by atoms with Crippen LogP contribution in [0.5, 0.6) is 0 Å². The largest absolute Gasteiger partial charge is 0.164 e. The lowest BCUT2D eigenvalue weighted by Crippen LogP contribution is -1.86. The Hall–Kier alpha value is -0.860. The first-order valence-corrected chi connectivity index (χ1v) is 7.07. The first-order chi connectivity index (χ1) is 8.16. The van der Waals surface area contributed by atoms with E-state index in [2.05, 4.69) is 68.9 Å². The van der Waals surface area contributed by atoms with E-state index in [4.69, 9.17) is 0 Å². The summed E-state index contributed by atoms with van der Waals surface area (Å²) in [6, 6.07) is 17.1. The summed E-state index contributed by atoms with van der Waals surface area (Å²) in [4.78, 5) is 3.67. The molecular formula is C15H17S2+. The van der Waals surface area contributed by atoms with Gasteiger partial charge in [-0.1, -0.05) is 49.9 Å². The standard InChI is InChI=1S/C15H16S2/c1-11(2)12-7-9-13(10-8-12)17-15-6-4-3-5-14(15)16/h3-11,16H,1-2H3/p+1. The number of hydrogen-bond donors (Lipinski definition) is 0. The number of hydrogen-bond acceptors (Lipinski definition) is 1. The summed E-state index contributed by atoms with van der Waals surface area (Å²) >= 11 is 5.41. The van der Waals surface area contributed by atoms with Crippen LogP contribution < -0.4 is 0 Å². The Morgan fingerprint density at radius 3 is 2.18 bits per heavy atom.